The van der Waals surface area contributed by atoms with Gasteiger partial charge in [-0.15, -0.1) is 11.3 Å². The molecule has 3 saturated carbocycles. The summed E-state index contributed by atoms with van der Waals surface area (Å²) in [6.07, 6.45) is 15.1. The first kappa shape index (κ1) is 53.3. The van der Waals surface area contributed by atoms with Crippen LogP contribution in [0.1, 0.15) is 148 Å². The van der Waals surface area contributed by atoms with Crippen molar-refractivity contribution in [3.8, 4) is 11.5 Å². The number of fused-ring (bicyclic) bond motifs is 5. The van der Waals surface area contributed by atoms with Crippen molar-refractivity contribution in [3.63, 3.8) is 0 Å². The Morgan fingerprint density at radius 3 is 2.34 bits per heavy atom. The molecule has 1 aliphatic heterocycles. The Balaban J connectivity index is 0.668. The summed E-state index contributed by atoms with van der Waals surface area (Å²) in [4.78, 5) is 47.5. The van der Waals surface area contributed by atoms with Gasteiger partial charge in [0.2, 0.25) is 17.6 Å². The molecule has 2 heterocycles. The number of ketones is 1. The first-order chi connectivity index (χ1) is 34.5. The maximum Gasteiger partial charge on any atom is 0.246 e. The predicted molar refractivity (Wildman–Crippen MR) is 273 cm³/mol. The summed E-state index contributed by atoms with van der Waals surface area (Å²) >= 11 is 1.40. The van der Waals surface area contributed by atoms with Gasteiger partial charge in [0, 0.05) is 24.1 Å². The molecule has 4 aliphatic carbocycles. The highest BCUT2D eigenvalue weighted by molar-refractivity contribution is 7.10. The van der Waals surface area contributed by atoms with Gasteiger partial charge in [0.05, 0.1) is 64.4 Å². The van der Waals surface area contributed by atoms with Crippen molar-refractivity contribution in [2.45, 2.75) is 140 Å². The van der Waals surface area contributed by atoms with Crippen LogP contribution >= 0.6 is 11.3 Å². The van der Waals surface area contributed by atoms with E-state index in [-0.39, 0.29) is 41.1 Å². The monoisotopic (exact) mass is 1000 g/mol. The van der Waals surface area contributed by atoms with Gasteiger partial charge in [-0.05, 0) is 155 Å². The average molecular weight is 1000 g/mol. The number of likely N-dealkylation sites (tertiary alicyclic amines) is 1. The molecule has 3 aromatic rings. The fourth-order valence-corrected chi connectivity index (χ4v) is 13.7. The summed E-state index contributed by atoms with van der Waals surface area (Å²) in [6.45, 7) is 9.01. The number of aromatic nitrogens is 1. The standard InChI is InChI=1S/C56H80N4O10S/c1-37(57-3)53(64)59-51(38-11-5-4-6-12-38)55(65)60-23-10-16-48(60)54-58-47(36-71-54)52(63)40-14-9-15-43(35-40)70-32-31-69-30-29-68-28-27-67-26-25-66-24-8-7-13-39-33-41-34-42(61)17-18-44(41)45-21-22-56(2)46(50(39)45)19-20-49(56)62/h9,14-15,17-18,34-39,45-46,48-51,57,61-62H,4-8,10-13,16,19-33H2,1-3H3,(H,59,64)/t37-,39+,45+,46-,48-,49-,50+,51-,56-/m0/s1. The van der Waals surface area contributed by atoms with E-state index in [1.54, 1.807) is 37.6 Å². The lowest BCUT2D eigenvalue weighted by molar-refractivity contribution is -0.139. The molecule has 0 unspecified atom stereocenters. The smallest absolute Gasteiger partial charge is 0.246 e. The van der Waals surface area contributed by atoms with Crippen molar-refractivity contribution < 1.29 is 48.3 Å². The zero-order chi connectivity index (χ0) is 49.7. The van der Waals surface area contributed by atoms with Crippen molar-refractivity contribution in [3.05, 3.63) is 75.2 Å². The number of aliphatic hydroxyl groups excluding tert-OH is 1. The van der Waals surface area contributed by atoms with Crippen molar-refractivity contribution in [2.75, 3.05) is 73.1 Å². The number of carbonyl (C=O) groups excluding carboxylic acids is 3. The molecule has 1 saturated heterocycles. The summed E-state index contributed by atoms with van der Waals surface area (Å²) in [5.74, 6) is 2.85. The van der Waals surface area contributed by atoms with Crippen LogP contribution in [0.3, 0.4) is 0 Å². The number of carbonyl (C=O) groups is 3. The number of hydrogen-bond acceptors (Lipinski definition) is 13. The summed E-state index contributed by atoms with van der Waals surface area (Å²) in [6, 6.07) is 11.9. The molecule has 0 bridgehead atoms. The maximum atomic E-state index is 14.2. The third-order valence-corrected chi connectivity index (χ3v) is 17.7. The lowest BCUT2D eigenvalue weighted by atomic mass is 9.52. The van der Waals surface area contributed by atoms with E-state index in [9.17, 15) is 24.6 Å². The van der Waals surface area contributed by atoms with Gasteiger partial charge in [0.1, 0.15) is 34.8 Å². The molecule has 15 heteroatoms. The van der Waals surface area contributed by atoms with Crippen LogP contribution in [-0.2, 0) is 35.0 Å². The Bertz CT molecular complexity index is 2200. The number of thiazole rings is 1. The molecule has 5 aliphatic rings. The molecule has 2 aromatic carbocycles. The van der Waals surface area contributed by atoms with Gasteiger partial charge >= 0.3 is 0 Å². The highest BCUT2D eigenvalue weighted by Crippen LogP contribution is 2.62. The van der Waals surface area contributed by atoms with Crippen LogP contribution in [0.15, 0.2) is 47.8 Å². The Kier molecular flexibility index (Phi) is 19.4. The van der Waals surface area contributed by atoms with Crippen molar-refractivity contribution >= 4 is 28.9 Å². The second-order valence-electron chi connectivity index (χ2n) is 21.1. The van der Waals surface area contributed by atoms with Crippen LogP contribution in [0, 0.1) is 29.1 Å². The Morgan fingerprint density at radius 1 is 0.859 bits per heavy atom. The van der Waals surface area contributed by atoms with Crippen LogP contribution in [0.25, 0.3) is 0 Å². The minimum Gasteiger partial charge on any atom is -0.508 e. The largest absolute Gasteiger partial charge is 0.508 e. The number of ether oxygens (including phenoxy) is 5. The zero-order valence-corrected chi connectivity index (χ0v) is 43.3. The van der Waals surface area contributed by atoms with Crippen LogP contribution in [-0.4, -0.2) is 129 Å². The van der Waals surface area contributed by atoms with Gasteiger partial charge < -0.3 is 49.4 Å². The van der Waals surface area contributed by atoms with E-state index in [1.807, 2.05) is 23.1 Å². The van der Waals surface area contributed by atoms with E-state index in [0.29, 0.717) is 112 Å². The van der Waals surface area contributed by atoms with Crippen LogP contribution < -0.4 is 15.4 Å². The lowest BCUT2D eigenvalue weighted by Gasteiger charge is -2.53. The van der Waals surface area contributed by atoms with E-state index in [0.717, 1.165) is 101 Å². The molecule has 390 valence electrons. The number of aliphatic hydroxyl groups is 1. The molecule has 9 atom stereocenters. The number of amides is 2. The summed E-state index contributed by atoms with van der Waals surface area (Å²) < 4.78 is 28.9. The maximum absolute atomic E-state index is 14.2. The zero-order valence-electron chi connectivity index (χ0n) is 42.5. The van der Waals surface area contributed by atoms with Crippen molar-refractivity contribution in [1.29, 1.82) is 0 Å². The number of likely N-dealkylation sites (N-methyl/N-ethyl adjacent to an activating group) is 1. The van der Waals surface area contributed by atoms with E-state index < -0.39 is 12.1 Å². The molecular weight excluding hydrogens is 921 g/mol. The molecule has 1 aromatic heterocycles. The van der Waals surface area contributed by atoms with Gasteiger partial charge in [0.25, 0.3) is 0 Å². The number of nitrogens with one attached hydrogen (secondary N) is 2. The minimum atomic E-state index is -0.574. The predicted octanol–water partition coefficient (Wildman–Crippen LogP) is 8.18. The number of nitrogens with zero attached hydrogens (tertiary/aromatic N) is 2. The molecular formula is C56H80N4O10S. The Labute approximate surface area is 425 Å². The fourth-order valence-electron chi connectivity index (χ4n) is 12.8. The average Bonchev–Trinajstić information content (AvgIpc) is 4.15. The van der Waals surface area contributed by atoms with E-state index in [4.69, 9.17) is 28.7 Å². The van der Waals surface area contributed by atoms with Crippen LogP contribution in [0.4, 0.5) is 0 Å². The molecule has 14 nitrogen and oxygen atoms in total. The van der Waals surface area contributed by atoms with Gasteiger partial charge in [-0.1, -0.05) is 50.8 Å². The number of rotatable bonds is 26. The number of phenolic OH excluding ortho intramolecular Hbond substituents is 1. The number of benzene rings is 2. The highest BCUT2D eigenvalue weighted by Gasteiger charge is 2.56. The van der Waals surface area contributed by atoms with E-state index >= 15 is 0 Å². The third kappa shape index (κ3) is 13.2. The molecule has 71 heavy (non-hydrogen) atoms. The third-order valence-electron chi connectivity index (χ3n) is 16.7. The van der Waals surface area contributed by atoms with Gasteiger partial charge in [-0.3, -0.25) is 14.4 Å². The van der Waals surface area contributed by atoms with Gasteiger partial charge in [0.15, 0.2) is 0 Å². The Hall–Kier alpha value is -3.96. The second kappa shape index (κ2) is 25.8. The lowest BCUT2D eigenvalue weighted by Crippen LogP contribution is -2.55. The second-order valence-corrected chi connectivity index (χ2v) is 22.0. The molecule has 8 rings (SSSR count). The summed E-state index contributed by atoms with van der Waals surface area (Å²) in [5, 5.41) is 29.8. The minimum absolute atomic E-state index is 0.0321. The van der Waals surface area contributed by atoms with E-state index in [2.05, 4.69) is 23.6 Å². The van der Waals surface area contributed by atoms with Crippen LogP contribution in [0.5, 0.6) is 11.5 Å². The van der Waals surface area contributed by atoms with Crippen LogP contribution in [0.2, 0.25) is 0 Å². The molecule has 4 N–H and O–H groups in total. The highest BCUT2D eigenvalue weighted by atomic mass is 32.1. The quantitative estimate of drug-likeness (QED) is 0.0449. The SMILES string of the molecule is CN[C@@H](C)C(=O)N[C@H](C(=O)N1CCC[C@H]1c1nc(C(=O)c2cccc(OCCOCCOCCOCCOCCCC[C@@H]3Cc4cc(O)ccc4[C@H]4CC[C@]5(C)[C@@H](O)CC[C@H]5[C@H]34)c2)cs1)C1CCCCC1. The van der Waals surface area contributed by atoms with E-state index in [1.165, 1.54) is 22.5 Å². The first-order valence-corrected chi connectivity index (χ1v) is 27.8. The van der Waals surface area contributed by atoms with Gasteiger partial charge in [-0.2, -0.15) is 0 Å². The molecule has 0 radical (unpaired) electrons. The normalized spacial score (nSPS) is 26.1. The first-order valence-electron chi connectivity index (χ1n) is 26.9. The number of unbranched alkanes of at least 4 members (excludes halogenated alkanes) is 1. The number of phenols is 1. The fraction of sp³-hybridized carbons (Fsp3) is 0.679. The molecule has 4 fully saturated rings. The molecule has 0 spiro atoms. The molecule has 2 amide bonds. The topological polar surface area (TPSA) is 178 Å². The van der Waals surface area contributed by atoms with Crippen molar-refractivity contribution in [2.24, 2.45) is 29.1 Å². The summed E-state index contributed by atoms with van der Waals surface area (Å²) in [7, 11) is 1.74. The Morgan fingerprint density at radius 2 is 1.59 bits per heavy atom. The summed E-state index contributed by atoms with van der Waals surface area (Å²) in [5.41, 5.74) is 3.60. The number of hydrogen-bond donors (Lipinski definition) is 4. The van der Waals surface area contributed by atoms with Gasteiger partial charge in [-0.25, -0.2) is 4.98 Å². The number of aromatic hydroxyl groups is 1. The van der Waals surface area contributed by atoms with Crippen molar-refractivity contribution in [1.82, 2.24) is 20.5 Å².